The van der Waals surface area contributed by atoms with E-state index in [2.05, 4.69) is 33.9 Å². The first-order valence-electron chi connectivity index (χ1n) is 10.4. The number of sulfonamides is 1. The standard InChI is InChI=1S/C22H25ClFN5O3S/c1-3-28(4-2)11-12-29-15-19(14-25-29)26-22(30)16-5-10-20(23)21(13-16)33(31,32)27-18-8-6-17(24)7-9-18/h5-10,13-15,27H,3-4,11-12H2,1-2H3,(H,26,30). The molecule has 1 amide bonds. The van der Waals surface area contributed by atoms with Gasteiger partial charge in [-0.15, -0.1) is 0 Å². The van der Waals surface area contributed by atoms with Crippen molar-refractivity contribution < 1.29 is 17.6 Å². The number of likely N-dealkylation sites (N-methyl/N-ethyl adjacent to an activating group) is 1. The molecule has 11 heteroatoms. The van der Waals surface area contributed by atoms with Gasteiger partial charge in [0.1, 0.15) is 10.7 Å². The molecule has 0 spiro atoms. The van der Waals surface area contributed by atoms with Crippen LogP contribution < -0.4 is 10.0 Å². The fourth-order valence-electron chi connectivity index (χ4n) is 3.12. The lowest BCUT2D eigenvalue weighted by molar-refractivity contribution is 0.102. The molecule has 0 unspecified atom stereocenters. The van der Waals surface area contributed by atoms with Crippen molar-refractivity contribution in [3.8, 4) is 0 Å². The van der Waals surface area contributed by atoms with E-state index >= 15 is 0 Å². The molecule has 3 rings (SSSR count). The highest BCUT2D eigenvalue weighted by molar-refractivity contribution is 7.92. The molecule has 176 valence electrons. The Morgan fingerprint density at radius 3 is 2.48 bits per heavy atom. The molecule has 0 saturated carbocycles. The highest BCUT2D eigenvalue weighted by Crippen LogP contribution is 2.25. The monoisotopic (exact) mass is 493 g/mol. The molecule has 1 aromatic heterocycles. The summed E-state index contributed by atoms with van der Waals surface area (Å²) in [5.74, 6) is -1.00. The highest BCUT2D eigenvalue weighted by Gasteiger charge is 2.21. The molecule has 2 N–H and O–H groups in total. The number of nitrogens with one attached hydrogen (secondary N) is 2. The summed E-state index contributed by atoms with van der Waals surface area (Å²) in [6, 6.07) is 8.79. The lowest BCUT2D eigenvalue weighted by atomic mass is 10.2. The van der Waals surface area contributed by atoms with Gasteiger partial charge in [-0.2, -0.15) is 5.10 Å². The Kier molecular flexibility index (Phi) is 8.06. The van der Waals surface area contributed by atoms with Crippen LogP contribution in [0.3, 0.4) is 0 Å². The van der Waals surface area contributed by atoms with Crippen molar-refractivity contribution in [1.82, 2.24) is 14.7 Å². The number of rotatable bonds is 10. The number of hydrogen-bond acceptors (Lipinski definition) is 5. The molecule has 2 aromatic carbocycles. The first-order valence-corrected chi connectivity index (χ1v) is 12.2. The third-order valence-corrected chi connectivity index (χ3v) is 6.87. The maximum atomic E-state index is 13.1. The number of nitrogens with zero attached hydrogens (tertiary/aromatic N) is 3. The molecule has 0 radical (unpaired) electrons. The predicted molar refractivity (Wildman–Crippen MR) is 127 cm³/mol. The Morgan fingerprint density at radius 2 is 1.82 bits per heavy atom. The third kappa shape index (κ3) is 6.53. The van der Waals surface area contributed by atoms with Crippen LogP contribution >= 0.6 is 11.6 Å². The van der Waals surface area contributed by atoms with Gasteiger partial charge >= 0.3 is 0 Å². The zero-order valence-corrected chi connectivity index (χ0v) is 19.8. The summed E-state index contributed by atoms with van der Waals surface area (Å²) in [7, 11) is -4.11. The van der Waals surface area contributed by atoms with E-state index in [1.807, 2.05) is 0 Å². The minimum Gasteiger partial charge on any atom is -0.319 e. The first kappa shape index (κ1) is 24.7. The van der Waals surface area contributed by atoms with Crippen LogP contribution in [0.15, 0.2) is 59.8 Å². The van der Waals surface area contributed by atoms with Crippen molar-refractivity contribution >= 4 is 38.9 Å². The molecule has 0 aliphatic heterocycles. The van der Waals surface area contributed by atoms with Crippen LogP contribution in [0.1, 0.15) is 24.2 Å². The predicted octanol–water partition coefficient (Wildman–Crippen LogP) is 4.07. The lowest BCUT2D eigenvalue weighted by Crippen LogP contribution is -2.27. The smallest absolute Gasteiger partial charge is 0.263 e. The molecule has 3 aromatic rings. The summed E-state index contributed by atoms with van der Waals surface area (Å²) in [6.07, 6.45) is 3.24. The molecule has 0 atom stereocenters. The van der Waals surface area contributed by atoms with Crippen LogP contribution in [0.5, 0.6) is 0 Å². The van der Waals surface area contributed by atoms with Crippen LogP contribution in [0.25, 0.3) is 0 Å². The lowest BCUT2D eigenvalue weighted by Gasteiger charge is -2.17. The van der Waals surface area contributed by atoms with Crippen LogP contribution in [-0.4, -0.2) is 48.6 Å². The summed E-state index contributed by atoms with van der Waals surface area (Å²) >= 11 is 6.10. The van der Waals surface area contributed by atoms with Gasteiger partial charge in [-0.25, -0.2) is 12.8 Å². The van der Waals surface area contributed by atoms with Gasteiger partial charge in [0, 0.05) is 24.0 Å². The minimum atomic E-state index is -4.11. The first-order chi connectivity index (χ1) is 15.7. The number of benzene rings is 2. The van der Waals surface area contributed by atoms with Gasteiger partial charge in [0.25, 0.3) is 15.9 Å². The van der Waals surface area contributed by atoms with Gasteiger partial charge in [-0.3, -0.25) is 14.2 Å². The van der Waals surface area contributed by atoms with E-state index in [0.717, 1.165) is 31.8 Å². The maximum Gasteiger partial charge on any atom is 0.263 e. The molecule has 0 fully saturated rings. The van der Waals surface area contributed by atoms with Crippen molar-refractivity contribution in [2.45, 2.75) is 25.3 Å². The Balaban J connectivity index is 1.72. The molecular weight excluding hydrogens is 469 g/mol. The normalized spacial score (nSPS) is 11.5. The fraction of sp³-hybridized carbons (Fsp3) is 0.273. The van der Waals surface area contributed by atoms with E-state index in [9.17, 15) is 17.6 Å². The second-order valence-electron chi connectivity index (χ2n) is 7.23. The second kappa shape index (κ2) is 10.8. The molecular formula is C22H25ClFN5O3S. The van der Waals surface area contributed by atoms with Gasteiger partial charge in [-0.1, -0.05) is 25.4 Å². The van der Waals surface area contributed by atoms with Gasteiger partial charge in [0.15, 0.2) is 0 Å². The van der Waals surface area contributed by atoms with E-state index in [0.29, 0.717) is 12.2 Å². The quantitative estimate of drug-likeness (QED) is 0.444. The fourth-order valence-corrected chi connectivity index (χ4v) is 4.70. The van der Waals surface area contributed by atoms with Crippen LogP contribution in [0.4, 0.5) is 15.8 Å². The zero-order chi connectivity index (χ0) is 24.0. The van der Waals surface area contributed by atoms with Gasteiger partial charge in [-0.05, 0) is 55.6 Å². The van der Waals surface area contributed by atoms with Crippen molar-refractivity contribution in [2.24, 2.45) is 0 Å². The molecule has 0 aliphatic rings. The van der Waals surface area contributed by atoms with Gasteiger partial charge in [0.05, 0.1) is 23.5 Å². The number of anilines is 2. The Bertz CT molecular complexity index is 1210. The van der Waals surface area contributed by atoms with Crippen LogP contribution in [0.2, 0.25) is 5.02 Å². The van der Waals surface area contributed by atoms with Gasteiger partial charge in [0.2, 0.25) is 0 Å². The van der Waals surface area contributed by atoms with Crippen molar-refractivity contribution in [1.29, 1.82) is 0 Å². The number of amides is 1. The summed E-state index contributed by atoms with van der Waals surface area (Å²) < 4.78 is 42.7. The van der Waals surface area contributed by atoms with Crippen molar-refractivity contribution in [2.75, 3.05) is 29.7 Å². The summed E-state index contributed by atoms with van der Waals surface area (Å²) in [4.78, 5) is 14.7. The molecule has 8 nitrogen and oxygen atoms in total. The largest absolute Gasteiger partial charge is 0.319 e. The molecule has 0 saturated heterocycles. The van der Waals surface area contributed by atoms with Crippen LogP contribution in [-0.2, 0) is 16.6 Å². The number of carbonyl (C=O) groups excluding carboxylic acids is 1. The molecule has 1 heterocycles. The summed E-state index contributed by atoms with van der Waals surface area (Å²) in [5, 5.41) is 6.91. The maximum absolute atomic E-state index is 13.1. The highest BCUT2D eigenvalue weighted by atomic mass is 35.5. The average molecular weight is 494 g/mol. The van der Waals surface area contributed by atoms with Crippen molar-refractivity contribution in [3.63, 3.8) is 0 Å². The summed E-state index contributed by atoms with van der Waals surface area (Å²) in [5.41, 5.74) is 0.762. The average Bonchev–Trinajstić information content (AvgIpc) is 3.23. The van der Waals surface area contributed by atoms with Crippen LogP contribution in [0, 0.1) is 5.82 Å². The van der Waals surface area contributed by atoms with E-state index in [-0.39, 0.29) is 21.2 Å². The number of hydrogen-bond donors (Lipinski definition) is 2. The summed E-state index contributed by atoms with van der Waals surface area (Å²) in [6.45, 7) is 7.58. The van der Waals surface area contributed by atoms with E-state index in [4.69, 9.17) is 11.6 Å². The van der Waals surface area contributed by atoms with E-state index in [1.54, 1.807) is 10.9 Å². The second-order valence-corrected chi connectivity index (χ2v) is 9.29. The topological polar surface area (TPSA) is 96.3 Å². The molecule has 0 bridgehead atoms. The van der Waals surface area contributed by atoms with Crippen molar-refractivity contribution in [3.05, 3.63) is 71.3 Å². The Morgan fingerprint density at radius 1 is 1.12 bits per heavy atom. The zero-order valence-electron chi connectivity index (χ0n) is 18.3. The SMILES string of the molecule is CCN(CC)CCn1cc(NC(=O)c2ccc(Cl)c(S(=O)(=O)Nc3ccc(F)cc3)c2)cn1. The minimum absolute atomic E-state index is 0.0506. The Labute approximate surface area is 197 Å². The number of halogens is 2. The Hall–Kier alpha value is -2.95. The van der Waals surface area contributed by atoms with E-state index < -0.39 is 21.7 Å². The molecule has 0 aliphatic carbocycles. The van der Waals surface area contributed by atoms with Gasteiger partial charge < -0.3 is 10.2 Å². The molecule has 33 heavy (non-hydrogen) atoms. The number of aromatic nitrogens is 2. The third-order valence-electron chi connectivity index (χ3n) is 5.01. The van der Waals surface area contributed by atoms with E-state index in [1.165, 1.54) is 36.5 Å². The number of carbonyl (C=O) groups is 1.